The number of hydrogen-bond acceptors (Lipinski definition) is 2. The zero-order valence-electron chi connectivity index (χ0n) is 13.6. The highest BCUT2D eigenvalue weighted by Gasteiger charge is 2.40. The standard InChI is InChI=1S/C19H22ClN3O/c20-17-3-1-2-14(10-17)12-23-18(6-7-21-23)22-19(24)11-16-9-13-4-5-15(16)8-13/h1-3,6-7,10,13,15-16H,4-5,8-9,11-12H2,(H,22,24). The highest BCUT2D eigenvalue weighted by molar-refractivity contribution is 6.30. The number of rotatable bonds is 5. The van der Waals surface area contributed by atoms with Crippen molar-refractivity contribution in [3.63, 3.8) is 0 Å². The highest BCUT2D eigenvalue weighted by atomic mass is 35.5. The van der Waals surface area contributed by atoms with Gasteiger partial charge in [0.15, 0.2) is 0 Å². The fourth-order valence-corrected chi connectivity index (χ4v) is 4.64. The molecule has 0 saturated heterocycles. The van der Waals surface area contributed by atoms with E-state index >= 15 is 0 Å². The summed E-state index contributed by atoms with van der Waals surface area (Å²) in [6.07, 6.45) is 7.62. The van der Waals surface area contributed by atoms with Crippen molar-refractivity contribution in [1.82, 2.24) is 9.78 Å². The van der Waals surface area contributed by atoms with Crippen molar-refractivity contribution in [3.05, 3.63) is 47.1 Å². The second-order valence-corrected chi connectivity index (χ2v) is 7.63. The van der Waals surface area contributed by atoms with Crippen molar-refractivity contribution in [2.45, 2.75) is 38.6 Å². The average Bonchev–Trinajstić information content (AvgIpc) is 3.25. The summed E-state index contributed by atoms with van der Waals surface area (Å²) in [7, 11) is 0. The van der Waals surface area contributed by atoms with E-state index in [4.69, 9.17) is 11.6 Å². The molecule has 5 heteroatoms. The number of fused-ring (bicyclic) bond motifs is 2. The van der Waals surface area contributed by atoms with Gasteiger partial charge in [-0.1, -0.05) is 30.2 Å². The van der Waals surface area contributed by atoms with Gasteiger partial charge in [0.2, 0.25) is 5.91 Å². The van der Waals surface area contributed by atoms with Gasteiger partial charge in [0.25, 0.3) is 0 Å². The first kappa shape index (κ1) is 15.7. The van der Waals surface area contributed by atoms with Crippen LogP contribution in [0.5, 0.6) is 0 Å². The maximum absolute atomic E-state index is 12.4. The molecule has 2 aliphatic rings. The first-order valence-corrected chi connectivity index (χ1v) is 9.11. The van der Waals surface area contributed by atoms with E-state index in [1.54, 1.807) is 6.20 Å². The number of aromatic nitrogens is 2. The molecule has 2 fully saturated rings. The summed E-state index contributed by atoms with van der Waals surface area (Å²) in [5.41, 5.74) is 1.06. The van der Waals surface area contributed by atoms with Crippen molar-refractivity contribution in [2.75, 3.05) is 5.32 Å². The van der Waals surface area contributed by atoms with Crippen molar-refractivity contribution in [3.8, 4) is 0 Å². The number of nitrogens with zero attached hydrogens (tertiary/aromatic N) is 2. The molecule has 24 heavy (non-hydrogen) atoms. The zero-order chi connectivity index (χ0) is 16.5. The van der Waals surface area contributed by atoms with Crippen LogP contribution in [0.3, 0.4) is 0 Å². The van der Waals surface area contributed by atoms with Crippen LogP contribution >= 0.6 is 11.6 Å². The van der Waals surface area contributed by atoms with Crippen LogP contribution in [-0.2, 0) is 11.3 Å². The Hall–Kier alpha value is -1.81. The number of carbonyl (C=O) groups excluding carboxylic acids is 1. The summed E-state index contributed by atoms with van der Waals surface area (Å²) in [5.74, 6) is 3.09. The van der Waals surface area contributed by atoms with Crippen LogP contribution < -0.4 is 5.32 Å². The average molecular weight is 344 g/mol. The molecule has 1 aromatic carbocycles. The molecule has 2 saturated carbocycles. The molecule has 0 radical (unpaired) electrons. The predicted molar refractivity (Wildman–Crippen MR) is 95.0 cm³/mol. The van der Waals surface area contributed by atoms with E-state index in [0.29, 0.717) is 23.9 Å². The topological polar surface area (TPSA) is 46.9 Å². The molecule has 1 amide bonds. The third-order valence-corrected chi connectivity index (χ3v) is 5.77. The second kappa shape index (κ2) is 6.60. The van der Waals surface area contributed by atoms with Gasteiger partial charge in [0.05, 0.1) is 12.7 Å². The van der Waals surface area contributed by atoms with Gasteiger partial charge in [-0.15, -0.1) is 0 Å². The number of carbonyl (C=O) groups is 1. The third kappa shape index (κ3) is 3.34. The number of hydrogen-bond donors (Lipinski definition) is 1. The van der Waals surface area contributed by atoms with Crippen LogP contribution in [0.4, 0.5) is 5.82 Å². The molecule has 2 aromatic rings. The Labute approximate surface area is 147 Å². The van der Waals surface area contributed by atoms with Gasteiger partial charge in [-0.25, -0.2) is 4.68 Å². The van der Waals surface area contributed by atoms with E-state index in [1.807, 2.05) is 35.0 Å². The lowest BCUT2D eigenvalue weighted by Gasteiger charge is -2.21. The number of amides is 1. The molecule has 4 rings (SSSR count). The van der Waals surface area contributed by atoms with Crippen LogP contribution in [0, 0.1) is 17.8 Å². The van der Waals surface area contributed by atoms with Crippen molar-refractivity contribution in [1.29, 1.82) is 0 Å². The Kier molecular flexibility index (Phi) is 4.31. The van der Waals surface area contributed by atoms with E-state index in [0.717, 1.165) is 23.2 Å². The second-order valence-electron chi connectivity index (χ2n) is 7.19. The molecule has 4 nitrogen and oxygen atoms in total. The Morgan fingerprint density at radius 1 is 1.29 bits per heavy atom. The molecule has 3 atom stereocenters. The minimum atomic E-state index is 0.111. The lowest BCUT2D eigenvalue weighted by Crippen LogP contribution is -2.22. The van der Waals surface area contributed by atoms with Gasteiger partial charge in [0.1, 0.15) is 5.82 Å². The van der Waals surface area contributed by atoms with Crippen molar-refractivity contribution >= 4 is 23.3 Å². The van der Waals surface area contributed by atoms with Crippen LogP contribution in [0.25, 0.3) is 0 Å². The van der Waals surface area contributed by atoms with E-state index in [-0.39, 0.29) is 5.91 Å². The van der Waals surface area contributed by atoms with E-state index in [1.165, 1.54) is 25.7 Å². The van der Waals surface area contributed by atoms with Crippen molar-refractivity contribution in [2.24, 2.45) is 17.8 Å². The summed E-state index contributed by atoms with van der Waals surface area (Å²) in [6, 6.07) is 9.56. The lowest BCUT2D eigenvalue weighted by molar-refractivity contribution is -0.117. The zero-order valence-corrected chi connectivity index (χ0v) is 14.4. The predicted octanol–water partition coefficient (Wildman–Crippen LogP) is 4.35. The van der Waals surface area contributed by atoms with E-state index < -0.39 is 0 Å². The first-order valence-electron chi connectivity index (χ1n) is 8.73. The molecular weight excluding hydrogens is 322 g/mol. The molecule has 0 spiro atoms. The Morgan fingerprint density at radius 3 is 2.96 bits per heavy atom. The lowest BCUT2D eigenvalue weighted by atomic mass is 9.86. The van der Waals surface area contributed by atoms with Gasteiger partial charge in [-0.3, -0.25) is 4.79 Å². The molecule has 2 bridgehead atoms. The number of nitrogens with one attached hydrogen (secondary N) is 1. The van der Waals surface area contributed by atoms with Gasteiger partial charge in [-0.05, 0) is 54.7 Å². The summed E-state index contributed by atoms with van der Waals surface area (Å²) in [5, 5.41) is 8.07. The molecule has 126 valence electrons. The van der Waals surface area contributed by atoms with Crippen LogP contribution in [0.1, 0.15) is 37.7 Å². The summed E-state index contributed by atoms with van der Waals surface area (Å²) in [6.45, 7) is 0.595. The monoisotopic (exact) mass is 343 g/mol. The van der Waals surface area contributed by atoms with E-state index in [2.05, 4.69) is 10.4 Å². The van der Waals surface area contributed by atoms with Gasteiger partial charge < -0.3 is 5.32 Å². The maximum Gasteiger partial charge on any atom is 0.225 e. The van der Waals surface area contributed by atoms with Crippen LogP contribution in [-0.4, -0.2) is 15.7 Å². The molecule has 2 aliphatic carbocycles. The summed E-state index contributed by atoms with van der Waals surface area (Å²) < 4.78 is 1.81. The fraction of sp³-hybridized carbons (Fsp3) is 0.474. The molecule has 0 aliphatic heterocycles. The maximum atomic E-state index is 12.4. The first-order chi connectivity index (χ1) is 11.7. The van der Waals surface area contributed by atoms with Gasteiger partial charge in [0, 0.05) is 17.5 Å². The number of halogens is 1. The molecule has 1 heterocycles. The summed E-state index contributed by atoms with van der Waals surface area (Å²) in [4.78, 5) is 12.4. The minimum absolute atomic E-state index is 0.111. The smallest absolute Gasteiger partial charge is 0.225 e. The van der Waals surface area contributed by atoms with E-state index in [9.17, 15) is 4.79 Å². The van der Waals surface area contributed by atoms with Crippen molar-refractivity contribution < 1.29 is 4.79 Å². The van der Waals surface area contributed by atoms with Crippen LogP contribution in [0.15, 0.2) is 36.5 Å². The third-order valence-electron chi connectivity index (χ3n) is 5.54. The largest absolute Gasteiger partial charge is 0.311 e. The minimum Gasteiger partial charge on any atom is -0.311 e. The number of anilines is 1. The Balaban J connectivity index is 1.38. The molecule has 3 unspecified atom stereocenters. The fourth-order valence-electron chi connectivity index (χ4n) is 4.43. The number of benzene rings is 1. The molecule has 1 N–H and O–H groups in total. The van der Waals surface area contributed by atoms with Gasteiger partial charge in [-0.2, -0.15) is 5.10 Å². The van der Waals surface area contributed by atoms with Crippen LogP contribution in [0.2, 0.25) is 5.02 Å². The normalized spacial score (nSPS) is 25.1. The Morgan fingerprint density at radius 2 is 2.21 bits per heavy atom. The Bertz CT molecular complexity index is 742. The molecular formula is C19H22ClN3O. The SMILES string of the molecule is O=C(CC1CC2CCC1C2)Nc1ccnn1Cc1cccc(Cl)c1. The highest BCUT2D eigenvalue weighted by Crippen LogP contribution is 2.49. The molecule has 1 aromatic heterocycles. The quantitative estimate of drug-likeness (QED) is 0.877. The van der Waals surface area contributed by atoms with Gasteiger partial charge >= 0.3 is 0 Å². The summed E-state index contributed by atoms with van der Waals surface area (Å²) >= 11 is 6.04.